The number of hydrogen-bond acceptors (Lipinski definition) is 12. The molecule has 1 saturated heterocycles. The van der Waals surface area contributed by atoms with Crippen LogP contribution in [0.1, 0.15) is 23.2 Å². The quantitative estimate of drug-likeness (QED) is 0.170. The molecule has 5 rings (SSSR count). The van der Waals surface area contributed by atoms with Crippen LogP contribution in [0, 0.1) is 0 Å². The van der Waals surface area contributed by atoms with E-state index in [2.05, 4.69) is 31.0 Å². The van der Waals surface area contributed by atoms with Gasteiger partial charge in [-0.2, -0.15) is 0 Å². The van der Waals surface area contributed by atoms with Crippen molar-refractivity contribution in [1.29, 1.82) is 0 Å². The van der Waals surface area contributed by atoms with E-state index >= 15 is 0 Å². The largest absolute Gasteiger partial charge is 0.496 e. The number of thioether (sulfide) groups is 1. The van der Waals surface area contributed by atoms with E-state index in [9.17, 15) is 19.2 Å². The molecule has 1 aliphatic rings. The van der Waals surface area contributed by atoms with Crippen LogP contribution in [0.4, 0.5) is 16.0 Å². The molecular formula is C24H19N7O5S3. The number of carbonyl (C=O) groups excluding carboxylic acids is 4. The van der Waals surface area contributed by atoms with Gasteiger partial charge in [-0.3, -0.25) is 34.7 Å². The van der Waals surface area contributed by atoms with E-state index in [0.717, 1.165) is 21.8 Å². The molecule has 4 aromatic rings. The van der Waals surface area contributed by atoms with E-state index in [1.165, 1.54) is 35.2 Å². The van der Waals surface area contributed by atoms with Crippen molar-refractivity contribution in [1.82, 2.24) is 20.4 Å². The van der Waals surface area contributed by atoms with Crippen LogP contribution in [0.3, 0.4) is 0 Å². The van der Waals surface area contributed by atoms with E-state index < -0.39 is 5.91 Å². The zero-order valence-corrected chi connectivity index (χ0v) is 22.7. The lowest BCUT2D eigenvalue weighted by Gasteiger charge is -2.13. The Bertz CT molecular complexity index is 1540. The van der Waals surface area contributed by atoms with Gasteiger partial charge < -0.3 is 4.74 Å². The van der Waals surface area contributed by atoms with Crippen molar-refractivity contribution >= 4 is 74.0 Å². The Morgan fingerprint density at radius 3 is 2.36 bits per heavy atom. The number of methoxy groups -OCH3 is 1. The van der Waals surface area contributed by atoms with Gasteiger partial charge in [-0.15, -0.1) is 20.4 Å². The van der Waals surface area contributed by atoms with Gasteiger partial charge in [-0.1, -0.05) is 46.6 Å². The number of imide groups is 1. The number of ether oxygens (including phenoxy) is 1. The van der Waals surface area contributed by atoms with Crippen LogP contribution in [0.15, 0.2) is 52.9 Å². The maximum atomic E-state index is 12.6. The van der Waals surface area contributed by atoms with Crippen molar-refractivity contribution < 1.29 is 23.9 Å². The number of carbonyl (C=O) groups is 4. The summed E-state index contributed by atoms with van der Waals surface area (Å²) < 4.78 is 5.84. The van der Waals surface area contributed by atoms with Crippen molar-refractivity contribution in [2.75, 3.05) is 28.4 Å². The highest BCUT2D eigenvalue weighted by atomic mass is 32.2. The molecule has 4 amide bonds. The monoisotopic (exact) mass is 581 g/mol. The van der Waals surface area contributed by atoms with Gasteiger partial charge in [0.15, 0.2) is 9.35 Å². The SMILES string of the molecule is COc1ccccc1-c1nnc(NC(=O)CSc2nnc(NC(=O)c3ccc(N4C(=O)CCC4=O)cc3)s2)s1. The first kappa shape index (κ1) is 26.4. The summed E-state index contributed by atoms with van der Waals surface area (Å²) in [5, 5.41) is 22.7. The minimum Gasteiger partial charge on any atom is -0.496 e. The van der Waals surface area contributed by atoms with Crippen LogP contribution in [0.25, 0.3) is 10.6 Å². The van der Waals surface area contributed by atoms with Crippen LogP contribution in [0.5, 0.6) is 5.75 Å². The first-order chi connectivity index (χ1) is 18.9. The molecule has 198 valence electrons. The molecule has 2 N–H and O–H groups in total. The smallest absolute Gasteiger partial charge is 0.257 e. The number of nitrogens with zero attached hydrogens (tertiary/aromatic N) is 5. The second kappa shape index (κ2) is 11.7. The lowest BCUT2D eigenvalue weighted by atomic mass is 10.2. The number of rotatable bonds is 9. The van der Waals surface area contributed by atoms with Crippen molar-refractivity contribution in [2.24, 2.45) is 0 Å². The number of benzene rings is 2. The third-order valence-electron chi connectivity index (χ3n) is 5.40. The topological polar surface area (TPSA) is 156 Å². The van der Waals surface area contributed by atoms with Gasteiger partial charge in [0.1, 0.15) is 5.75 Å². The van der Waals surface area contributed by atoms with Gasteiger partial charge >= 0.3 is 0 Å². The average Bonchev–Trinajstić information content (AvgIpc) is 3.68. The molecule has 1 aliphatic heterocycles. The third-order valence-corrected chi connectivity index (χ3v) is 8.25. The standard InChI is InChI=1S/C24H19N7O5S3/c1-36-16-5-3-2-4-15(16)21-27-28-22(38-21)25-17(32)12-37-24-30-29-23(39-24)26-20(35)13-6-8-14(9-7-13)31-18(33)10-11-19(31)34/h2-9H,10-12H2,1H3,(H,25,28,32)(H,26,29,35). The molecule has 12 nitrogen and oxygen atoms in total. The number of aromatic nitrogens is 4. The van der Waals surface area contributed by atoms with Crippen LogP contribution in [-0.2, 0) is 14.4 Å². The highest BCUT2D eigenvalue weighted by Crippen LogP contribution is 2.33. The van der Waals surface area contributed by atoms with E-state index in [-0.39, 0.29) is 41.4 Å². The predicted molar refractivity (Wildman–Crippen MR) is 147 cm³/mol. The maximum Gasteiger partial charge on any atom is 0.257 e. The zero-order chi connectivity index (χ0) is 27.4. The molecule has 15 heteroatoms. The van der Waals surface area contributed by atoms with Crippen molar-refractivity contribution in [3.05, 3.63) is 54.1 Å². The van der Waals surface area contributed by atoms with E-state index in [1.54, 1.807) is 19.2 Å². The summed E-state index contributed by atoms with van der Waals surface area (Å²) in [6, 6.07) is 13.6. The molecule has 0 atom stereocenters. The molecule has 0 aliphatic carbocycles. The van der Waals surface area contributed by atoms with Crippen LogP contribution < -0.4 is 20.3 Å². The van der Waals surface area contributed by atoms with Crippen molar-refractivity contribution in [2.45, 2.75) is 17.2 Å². The van der Waals surface area contributed by atoms with E-state index in [1.807, 2.05) is 24.3 Å². The van der Waals surface area contributed by atoms with E-state index in [4.69, 9.17) is 4.74 Å². The van der Waals surface area contributed by atoms with E-state index in [0.29, 0.717) is 31.5 Å². The normalized spacial score (nSPS) is 13.0. The number of hydrogen-bond donors (Lipinski definition) is 2. The first-order valence-corrected chi connectivity index (χ1v) is 14.0. The van der Waals surface area contributed by atoms with Gasteiger partial charge in [0.25, 0.3) is 5.91 Å². The van der Waals surface area contributed by atoms with Crippen molar-refractivity contribution in [3.8, 4) is 16.3 Å². The Morgan fingerprint density at radius 1 is 0.923 bits per heavy atom. The summed E-state index contributed by atoms with van der Waals surface area (Å²) in [7, 11) is 1.57. The van der Waals surface area contributed by atoms with Crippen LogP contribution in [0.2, 0.25) is 0 Å². The summed E-state index contributed by atoms with van der Waals surface area (Å²) in [6.45, 7) is 0. The maximum absolute atomic E-state index is 12.6. The third kappa shape index (κ3) is 6.10. The first-order valence-electron chi connectivity index (χ1n) is 11.4. The molecule has 39 heavy (non-hydrogen) atoms. The molecule has 0 saturated carbocycles. The lowest BCUT2D eigenvalue weighted by molar-refractivity contribution is -0.121. The fraction of sp³-hybridized carbons (Fsp3) is 0.167. The summed E-state index contributed by atoms with van der Waals surface area (Å²) in [6.07, 6.45) is 0.375. The Balaban J connectivity index is 1.12. The zero-order valence-electron chi connectivity index (χ0n) is 20.2. The molecule has 2 aromatic carbocycles. The molecule has 1 fully saturated rings. The summed E-state index contributed by atoms with van der Waals surface area (Å²) >= 11 is 3.52. The van der Waals surface area contributed by atoms with Crippen LogP contribution in [-0.4, -0.2) is 56.9 Å². The second-order valence-corrected chi connectivity index (χ2v) is 11.1. The second-order valence-electron chi connectivity index (χ2n) is 7.95. The van der Waals surface area contributed by atoms with Crippen molar-refractivity contribution in [3.63, 3.8) is 0 Å². The fourth-order valence-electron chi connectivity index (χ4n) is 3.60. The molecule has 3 heterocycles. The summed E-state index contributed by atoms with van der Waals surface area (Å²) in [5.74, 6) is -0.516. The summed E-state index contributed by atoms with van der Waals surface area (Å²) in [5.41, 5.74) is 1.53. The molecule has 2 aromatic heterocycles. The number of anilines is 3. The molecular weight excluding hydrogens is 563 g/mol. The molecule has 0 radical (unpaired) electrons. The van der Waals surface area contributed by atoms with Gasteiger partial charge in [0.05, 0.1) is 24.1 Å². The Kier molecular flexibility index (Phi) is 7.90. The van der Waals surface area contributed by atoms with Gasteiger partial charge in [-0.05, 0) is 36.4 Å². The average molecular weight is 582 g/mol. The Hall–Kier alpha value is -4.21. The fourth-order valence-corrected chi connectivity index (χ4v) is 5.94. The minimum absolute atomic E-state index is 0.0571. The highest BCUT2D eigenvalue weighted by molar-refractivity contribution is 8.01. The number of amides is 4. The highest BCUT2D eigenvalue weighted by Gasteiger charge is 2.30. The Labute approximate surface area is 233 Å². The van der Waals surface area contributed by atoms with Gasteiger partial charge in [-0.25, -0.2) is 0 Å². The molecule has 0 bridgehead atoms. The van der Waals surface area contributed by atoms with Gasteiger partial charge in [0.2, 0.25) is 28.0 Å². The minimum atomic E-state index is -0.423. The van der Waals surface area contributed by atoms with Gasteiger partial charge in [0, 0.05) is 18.4 Å². The van der Waals surface area contributed by atoms with Crippen LogP contribution >= 0.6 is 34.4 Å². The lowest BCUT2D eigenvalue weighted by Crippen LogP contribution is -2.28. The molecule has 0 unspecified atom stereocenters. The number of nitrogens with one attached hydrogen (secondary N) is 2. The number of para-hydroxylation sites is 1. The molecule has 0 spiro atoms. The Morgan fingerprint density at radius 2 is 1.62 bits per heavy atom. The summed E-state index contributed by atoms with van der Waals surface area (Å²) in [4.78, 5) is 49.9. The predicted octanol–water partition coefficient (Wildman–Crippen LogP) is 3.70.